The number of nitrogens with one attached hydrogen (secondary N) is 2. The van der Waals surface area contributed by atoms with Gasteiger partial charge in [-0.1, -0.05) is 0 Å². The van der Waals surface area contributed by atoms with Gasteiger partial charge in [-0.15, -0.1) is 0 Å². The topological polar surface area (TPSA) is 117 Å². The molecule has 0 unspecified atom stereocenters. The number of benzene rings is 1. The first kappa shape index (κ1) is 17.8. The molecule has 0 radical (unpaired) electrons. The zero-order valence-corrected chi connectivity index (χ0v) is 14.1. The van der Waals surface area contributed by atoms with Gasteiger partial charge in [-0.05, 0) is 24.3 Å². The SMILES string of the molecule is N#Cc1ccc(O[C@@H]2CCOC[C@H]2NC(=O)CCc2cc(=O)[nH]o2)cc1. The van der Waals surface area contributed by atoms with Crippen molar-refractivity contribution >= 4 is 5.91 Å². The lowest BCUT2D eigenvalue weighted by Gasteiger charge is -2.32. The second-order valence-corrected chi connectivity index (χ2v) is 6.01. The fourth-order valence-electron chi connectivity index (χ4n) is 2.74. The highest BCUT2D eigenvalue weighted by atomic mass is 16.5. The third kappa shape index (κ3) is 4.74. The van der Waals surface area contributed by atoms with Crippen LogP contribution in [0, 0.1) is 11.3 Å². The molecule has 2 atom stereocenters. The summed E-state index contributed by atoms with van der Waals surface area (Å²) in [5.74, 6) is 0.914. The Morgan fingerprint density at radius 3 is 2.88 bits per heavy atom. The van der Waals surface area contributed by atoms with Gasteiger partial charge in [0, 0.05) is 25.3 Å². The lowest BCUT2D eigenvalue weighted by atomic mass is 10.1. The number of nitrogens with zero attached hydrogens (tertiary/aromatic N) is 1. The van der Waals surface area contributed by atoms with Crippen molar-refractivity contribution in [3.05, 3.63) is 52.0 Å². The number of aromatic nitrogens is 1. The lowest BCUT2D eigenvalue weighted by molar-refractivity contribution is -0.124. The number of ether oxygens (including phenoxy) is 2. The summed E-state index contributed by atoms with van der Waals surface area (Å²) < 4.78 is 16.4. The van der Waals surface area contributed by atoms with Gasteiger partial charge in [0.05, 0.1) is 30.9 Å². The Hall–Kier alpha value is -3.05. The molecule has 1 aliphatic heterocycles. The molecule has 2 heterocycles. The predicted octanol–water partition coefficient (Wildman–Crippen LogP) is 1.12. The Labute approximate surface area is 149 Å². The van der Waals surface area contributed by atoms with Gasteiger partial charge >= 0.3 is 0 Å². The second-order valence-electron chi connectivity index (χ2n) is 6.01. The first-order valence-corrected chi connectivity index (χ1v) is 8.35. The zero-order valence-electron chi connectivity index (χ0n) is 14.1. The van der Waals surface area contributed by atoms with Crippen LogP contribution in [0.2, 0.25) is 0 Å². The molecule has 1 aromatic carbocycles. The van der Waals surface area contributed by atoms with Crippen molar-refractivity contribution < 1.29 is 18.8 Å². The predicted molar refractivity (Wildman–Crippen MR) is 90.6 cm³/mol. The minimum atomic E-state index is -0.322. The molecule has 0 aliphatic carbocycles. The van der Waals surface area contributed by atoms with Crippen molar-refractivity contribution in [3.8, 4) is 11.8 Å². The number of aryl methyl sites for hydroxylation is 1. The van der Waals surface area contributed by atoms with Crippen LogP contribution in [-0.4, -0.2) is 36.4 Å². The Morgan fingerprint density at radius 2 is 2.19 bits per heavy atom. The van der Waals surface area contributed by atoms with Gasteiger partial charge in [-0.2, -0.15) is 10.4 Å². The highest BCUT2D eigenvalue weighted by molar-refractivity contribution is 5.76. The van der Waals surface area contributed by atoms with Crippen molar-refractivity contribution in [1.82, 2.24) is 10.5 Å². The number of carbonyl (C=O) groups is 1. The third-order valence-electron chi connectivity index (χ3n) is 4.08. The average Bonchev–Trinajstić information content (AvgIpc) is 3.08. The van der Waals surface area contributed by atoms with E-state index in [0.717, 1.165) is 0 Å². The summed E-state index contributed by atoms with van der Waals surface area (Å²) in [4.78, 5) is 23.2. The first-order valence-electron chi connectivity index (χ1n) is 8.35. The van der Waals surface area contributed by atoms with Crippen molar-refractivity contribution in [2.24, 2.45) is 0 Å². The van der Waals surface area contributed by atoms with Crippen LogP contribution in [0.15, 0.2) is 39.6 Å². The van der Waals surface area contributed by atoms with Crippen LogP contribution in [0.1, 0.15) is 24.2 Å². The van der Waals surface area contributed by atoms with E-state index >= 15 is 0 Å². The maximum Gasteiger partial charge on any atom is 0.280 e. The molecule has 1 aliphatic rings. The van der Waals surface area contributed by atoms with Gasteiger partial charge in [0.25, 0.3) is 5.56 Å². The van der Waals surface area contributed by atoms with Crippen LogP contribution in [0.5, 0.6) is 5.75 Å². The summed E-state index contributed by atoms with van der Waals surface area (Å²) in [6, 6.07) is 9.96. The number of hydrogen-bond donors (Lipinski definition) is 2. The van der Waals surface area contributed by atoms with Gasteiger partial charge < -0.3 is 19.3 Å². The molecule has 3 rings (SSSR count). The van der Waals surface area contributed by atoms with E-state index in [0.29, 0.717) is 43.1 Å². The molecule has 1 saturated heterocycles. The largest absolute Gasteiger partial charge is 0.488 e. The molecular weight excluding hydrogens is 338 g/mol. The second kappa shape index (κ2) is 8.36. The van der Waals surface area contributed by atoms with Crippen LogP contribution in [0.3, 0.4) is 0 Å². The maximum atomic E-state index is 12.2. The van der Waals surface area contributed by atoms with Gasteiger partial charge in [0.15, 0.2) is 0 Å². The summed E-state index contributed by atoms with van der Waals surface area (Å²) >= 11 is 0. The van der Waals surface area contributed by atoms with E-state index in [-0.39, 0.29) is 30.0 Å². The van der Waals surface area contributed by atoms with E-state index in [1.807, 2.05) is 0 Å². The normalized spacial score (nSPS) is 19.5. The summed E-state index contributed by atoms with van der Waals surface area (Å²) in [6.45, 7) is 0.924. The van der Waals surface area contributed by atoms with Crippen LogP contribution >= 0.6 is 0 Å². The number of H-pyrrole nitrogens is 1. The summed E-state index contributed by atoms with van der Waals surface area (Å²) in [7, 11) is 0. The first-order chi connectivity index (χ1) is 12.6. The Bertz CT molecular complexity index is 834. The Kier molecular flexibility index (Phi) is 5.71. The molecule has 1 fully saturated rings. The molecule has 26 heavy (non-hydrogen) atoms. The van der Waals surface area contributed by atoms with Crippen LogP contribution in [0.4, 0.5) is 0 Å². The van der Waals surface area contributed by atoms with E-state index in [2.05, 4.69) is 16.5 Å². The molecular formula is C18H19N3O5. The van der Waals surface area contributed by atoms with Crippen molar-refractivity contribution in [2.75, 3.05) is 13.2 Å². The minimum absolute atomic E-state index is 0.169. The number of amides is 1. The highest BCUT2D eigenvalue weighted by Gasteiger charge is 2.29. The monoisotopic (exact) mass is 357 g/mol. The van der Waals surface area contributed by atoms with Gasteiger partial charge in [-0.3, -0.25) is 9.59 Å². The van der Waals surface area contributed by atoms with E-state index in [4.69, 9.17) is 19.3 Å². The number of carbonyl (C=O) groups excluding carboxylic acids is 1. The number of hydrogen-bond acceptors (Lipinski definition) is 6. The lowest BCUT2D eigenvalue weighted by Crippen LogP contribution is -2.51. The molecule has 1 aromatic heterocycles. The summed E-state index contributed by atoms with van der Waals surface area (Å²) in [6.07, 6.45) is 0.962. The maximum absolute atomic E-state index is 12.2. The number of nitriles is 1. The zero-order chi connectivity index (χ0) is 18.4. The number of rotatable bonds is 6. The molecule has 8 nitrogen and oxygen atoms in total. The smallest absolute Gasteiger partial charge is 0.280 e. The molecule has 8 heteroatoms. The molecule has 0 bridgehead atoms. The van der Waals surface area contributed by atoms with E-state index in [1.54, 1.807) is 24.3 Å². The fourth-order valence-corrected chi connectivity index (χ4v) is 2.74. The van der Waals surface area contributed by atoms with Crippen LogP contribution in [-0.2, 0) is 16.0 Å². The van der Waals surface area contributed by atoms with E-state index < -0.39 is 0 Å². The van der Waals surface area contributed by atoms with Gasteiger partial charge in [0.1, 0.15) is 17.6 Å². The third-order valence-corrected chi connectivity index (χ3v) is 4.08. The van der Waals surface area contributed by atoms with Crippen LogP contribution < -0.4 is 15.6 Å². The molecule has 0 saturated carbocycles. The Morgan fingerprint density at radius 1 is 1.38 bits per heavy atom. The quantitative estimate of drug-likeness (QED) is 0.800. The fraction of sp³-hybridized carbons (Fsp3) is 0.389. The van der Waals surface area contributed by atoms with Crippen molar-refractivity contribution in [1.29, 1.82) is 5.26 Å². The Balaban J connectivity index is 1.54. The molecule has 1 amide bonds. The minimum Gasteiger partial charge on any atom is -0.488 e. The molecule has 2 N–H and O–H groups in total. The standard InChI is InChI=1S/C18H19N3O5/c19-10-12-1-3-13(4-2-12)25-16-7-8-24-11-15(16)20-17(22)6-5-14-9-18(23)21-26-14/h1-4,9,15-16H,5-8,11H2,(H,20,22)(H,21,23)/t15-,16-/m1/s1. The number of aromatic amines is 1. The molecule has 2 aromatic rings. The van der Waals surface area contributed by atoms with Gasteiger partial charge in [0.2, 0.25) is 5.91 Å². The van der Waals surface area contributed by atoms with Crippen molar-refractivity contribution in [2.45, 2.75) is 31.4 Å². The molecule has 136 valence electrons. The van der Waals surface area contributed by atoms with Gasteiger partial charge in [-0.25, -0.2) is 0 Å². The average molecular weight is 357 g/mol. The van der Waals surface area contributed by atoms with E-state index in [1.165, 1.54) is 6.07 Å². The van der Waals surface area contributed by atoms with E-state index in [9.17, 15) is 9.59 Å². The summed E-state index contributed by atoms with van der Waals surface area (Å²) in [5.41, 5.74) is 0.238. The van der Waals surface area contributed by atoms with Crippen LogP contribution in [0.25, 0.3) is 0 Å². The molecule has 0 spiro atoms. The van der Waals surface area contributed by atoms with Crippen molar-refractivity contribution in [3.63, 3.8) is 0 Å². The highest BCUT2D eigenvalue weighted by Crippen LogP contribution is 2.19. The summed E-state index contributed by atoms with van der Waals surface area (Å²) in [5, 5.41) is 14.0.